The highest BCUT2D eigenvalue weighted by atomic mass is 16.3. The monoisotopic (exact) mass is 310 g/mol. The molecule has 1 saturated carbocycles. The van der Waals surface area contributed by atoms with Crippen LogP contribution in [0.2, 0.25) is 0 Å². The number of aliphatic hydroxyl groups excluding tert-OH is 1. The first kappa shape index (κ1) is 16.2. The van der Waals surface area contributed by atoms with Gasteiger partial charge in [0, 0.05) is 25.0 Å². The smallest absolute Gasteiger partial charge is 0.0915 e. The van der Waals surface area contributed by atoms with E-state index < -0.39 is 6.10 Å². The molecule has 1 heterocycles. The maximum Gasteiger partial charge on any atom is 0.0915 e. The van der Waals surface area contributed by atoms with E-state index in [1.165, 1.54) is 37.7 Å². The molecule has 0 amide bonds. The molecule has 0 unspecified atom stereocenters. The number of nitrogens with zero attached hydrogens (tertiary/aromatic N) is 1. The van der Waals surface area contributed by atoms with Crippen LogP contribution in [0.3, 0.4) is 0 Å². The van der Waals surface area contributed by atoms with Crippen molar-refractivity contribution in [2.24, 2.45) is 5.92 Å². The lowest BCUT2D eigenvalue weighted by Gasteiger charge is -2.32. The molecule has 122 valence electrons. The summed E-state index contributed by atoms with van der Waals surface area (Å²) >= 11 is 0. The first-order valence-electron chi connectivity index (χ1n) is 8.71. The standard InChI is InChI=1S/C20H26N2O/c23-19(16-11-13-21-14-12-16)15-22-20(17-7-3-1-4-8-17)18-9-5-2-6-10-18/h1,3-4,7-8,11-14,18-20,22-23H,2,5-6,9-10,15H2/t19-,20-/m1/s1. The Bertz CT molecular complexity index is 567. The number of benzene rings is 1. The quantitative estimate of drug-likeness (QED) is 0.847. The van der Waals surface area contributed by atoms with Crippen molar-refractivity contribution in [3.63, 3.8) is 0 Å². The number of aromatic nitrogens is 1. The first-order valence-corrected chi connectivity index (χ1v) is 8.71. The van der Waals surface area contributed by atoms with E-state index in [1.807, 2.05) is 12.1 Å². The molecular formula is C20H26N2O. The van der Waals surface area contributed by atoms with Gasteiger partial charge in [0.25, 0.3) is 0 Å². The van der Waals surface area contributed by atoms with E-state index in [1.54, 1.807) is 12.4 Å². The van der Waals surface area contributed by atoms with Gasteiger partial charge in [0.2, 0.25) is 0 Å². The number of pyridine rings is 1. The predicted molar refractivity (Wildman–Crippen MR) is 93.0 cm³/mol. The van der Waals surface area contributed by atoms with Gasteiger partial charge in [-0.25, -0.2) is 0 Å². The highest BCUT2D eigenvalue weighted by molar-refractivity contribution is 5.20. The number of hydrogen-bond acceptors (Lipinski definition) is 3. The van der Waals surface area contributed by atoms with Crippen LogP contribution in [0.15, 0.2) is 54.9 Å². The lowest BCUT2D eigenvalue weighted by atomic mass is 9.81. The van der Waals surface area contributed by atoms with Gasteiger partial charge in [-0.1, -0.05) is 49.6 Å². The molecule has 3 rings (SSSR count). The fourth-order valence-electron chi connectivity index (χ4n) is 3.63. The van der Waals surface area contributed by atoms with Crippen molar-refractivity contribution in [2.45, 2.75) is 44.2 Å². The summed E-state index contributed by atoms with van der Waals surface area (Å²) in [7, 11) is 0. The summed E-state index contributed by atoms with van der Waals surface area (Å²) in [4.78, 5) is 4.01. The molecule has 1 aromatic carbocycles. The average Bonchev–Trinajstić information content (AvgIpc) is 2.64. The number of hydrogen-bond donors (Lipinski definition) is 2. The highest BCUT2D eigenvalue weighted by Gasteiger charge is 2.25. The van der Waals surface area contributed by atoms with Gasteiger partial charge in [0.05, 0.1) is 6.10 Å². The zero-order valence-electron chi connectivity index (χ0n) is 13.6. The van der Waals surface area contributed by atoms with Crippen molar-refractivity contribution in [3.8, 4) is 0 Å². The summed E-state index contributed by atoms with van der Waals surface area (Å²) < 4.78 is 0. The molecule has 0 bridgehead atoms. The van der Waals surface area contributed by atoms with Gasteiger partial charge in [0.15, 0.2) is 0 Å². The Morgan fingerprint density at radius 2 is 1.65 bits per heavy atom. The Morgan fingerprint density at radius 1 is 0.957 bits per heavy atom. The molecule has 0 spiro atoms. The molecule has 0 saturated heterocycles. The minimum Gasteiger partial charge on any atom is -0.387 e. The van der Waals surface area contributed by atoms with Gasteiger partial charge >= 0.3 is 0 Å². The van der Waals surface area contributed by atoms with E-state index in [0.29, 0.717) is 18.5 Å². The SMILES string of the molecule is O[C@H](CN[C@H](c1ccccc1)C1CCCCC1)c1ccncc1. The molecule has 2 atom stereocenters. The maximum absolute atomic E-state index is 10.4. The minimum atomic E-state index is -0.493. The lowest BCUT2D eigenvalue weighted by Crippen LogP contribution is -2.32. The van der Waals surface area contributed by atoms with Gasteiger partial charge in [-0.2, -0.15) is 0 Å². The topological polar surface area (TPSA) is 45.1 Å². The van der Waals surface area contributed by atoms with E-state index in [-0.39, 0.29) is 0 Å². The van der Waals surface area contributed by atoms with Crippen LogP contribution < -0.4 is 5.32 Å². The number of aliphatic hydroxyl groups is 1. The summed E-state index contributed by atoms with van der Waals surface area (Å²) in [5.74, 6) is 0.663. The van der Waals surface area contributed by atoms with Crippen molar-refractivity contribution in [1.29, 1.82) is 0 Å². The second-order valence-corrected chi connectivity index (χ2v) is 6.49. The van der Waals surface area contributed by atoms with Crippen LogP contribution in [0.5, 0.6) is 0 Å². The predicted octanol–water partition coefficient (Wildman–Crippen LogP) is 4.03. The maximum atomic E-state index is 10.4. The third kappa shape index (κ3) is 4.40. The fraction of sp³-hybridized carbons (Fsp3) is 0.450. The van der Waals surface area contributed by atoms with Crippen LogP contribution in [-0.2, 0) is 0 Å². The van der Waals surface area contributed by atoms with Crippen molar-refractivity contribution >= 4 is 0 Å². The Morgan fingerprint density at radius 3 is 2.35 bits per heavy atom. The van der Waals surface area contributed by atoms with Crippen LogP contribution in [0.4, 0.5) is 0 Å². The molecular weight excluding hydrogens is 284 g/mol. The summed E-state index contributed by atoms with van der Waals surface area (Å²) in [5.41, 5.74) is 2.25. The van der Waals surface area contributed by atoms with E-state index >= 15 is 0 Å². The van der Waals surface area contributed by atoms with E-state index in [2.05, 4.69) is 40.6 Å². The van der Waals surface area contributed by atoms with E-state index in [9.17, 15) is 5.11 Å². The summed E-state index contributed by atoms with van der Waals surface area (Å²) in [6, 6.07) is 14.8. The molecule has 0 aliphatic heterocycles. The zero-order valence-corrected chi connectivity index (χ0v) is 13.6. The van der Waals surface area contributed by atoms with E-state index in [0.717, 1.165) is 5.56 Å². The van der Waals surface area contributed by atoms with Crippen molar-refractivity contribution in [1.82, 2.24) is 10.3 Å². The molecule has 1 aliphatic carbocycles. The number of rotatable bonds is 6. The molecule has 1 aromatic heterocycles. The van der Waals surface area contributed by atoms with Gasteiger partial charge in [-0.3, -0.25) is 4.98 Å². The Labute approximate surface area is 138 Å². The summed E-state index contributed by atoms with van der Waals surface area (Å²) in [5, 5.41) is 14.1. The van der Waals surface area contributed by atoms with Crippen molar-refractivity contribution < 1.29 is 5.11 Å². The van der Waals surface area contributed by atoms with Crippen LogP contribution in [0.25, 0.3) is 0 Å². The molecule has 23 heavy (non-hydrogen) atoms. The Kier molecular flexibility index (Phi) is 5.78. The molecule has 3 heteroatoms. The van der Waals surface area contributed by atoms with Crippen LogP contribution in [0, 0.1) is 5.92 Å². The fourth-order valence-corrected chi connectivity index (χ4v) is 3.63. The largest absolute Gasteiger partial charge is 0.387 e. The number of nitrogens with one attached hydrogen (secondary N) is 1. The van der Waals surface area contributed by atoms with Gasteiger partial charge < -0.3 is 10.4 Å². The third-order valence-electron chi connectivity index (χ3n) is 4.90. The second-order valence-electron chi connectivity index (χ2n) is 6.49. The lowest BCUT2D eigenvalue weighted by molar-refractivity contribution is 0.158. The molecule has 1 fully saturated rings. The zero-order chi connectivity index (χ0) is 15.9. The molecule has 2 aromatic rings. The van der Waals surface area contributed by atoms with E-state index in [4.69, 9.17) is 0 Å². The van der Waals surface area contributed by atoms with Gasteiger partial charge in [-0.15, -0.1) is 0 Å². The van der Waals surface area contributed by atoms with Crippen molar-refractivity contribution in [3.05, 3.63) is 66.0 Å². The molecule has 1 aliphatic rings. The first-order chi connectivity index (χ1) is 11.3. The summed E-state index contributed by atoms with van der Waals surface area (Å²) in [6.07, 6.45) is 9.52. The molecule has 3 nitrogen and oxygen atoms in total. The average molecular weight is 310 g/mol. The normalized spacial score (nSPS) is 18.5. The summed E-state index contributed by atoms with van der Waals surface area (Å²) in [6.45, 7) is 0.570. The van der Waals surface area contributed by atoms with Gasteiger partial charge in [-0.05, 0) is 42.0 Å². The van der Waals surface area contributed by atoms with Crippen LogP contribution in [0.1, 0.15) is 55.4 Å². The highest BCUT2D eigenvalue weighted by Crippen LogP contribution is 2.34. The minimum absolute atomic E-state index is 0.327. The van der Waals surface area contributed by atoms with Gasteiger partial charge in [0.1, 0.15) is 0 Å². The second kappa shape index (κ2) is 8.23. The van der Waals surface area contributed by atoms with Crippen LogP contribution in [-0.4, -0.2) is 16.6 Å². The van der Waals surface area contributed by atoms with Crippen LogP contribution >= 0.6 is 0 Å². The molecule has 0 radical (unpaired) electrons. The third-order valence-corrected chi connectivity index (χ3v) is 4.90. The van der Waals surface area contributed by atoms with Crippen molar-refractivity contribution in [2.75, 3.05) is 6.54 Å². The Balaban J connectivity index is 1.68. The molecule has 2 N–H and O–H groups in total. The Hall–Kier alpha value is -1.71.